The average Bonchev–Trinajstić information content (AvgIpc) is 2.44. The number of oxime groups is 1. The molecular formula is C8H15F2N3O. The smallest absolute Gasteiger partial charge is 0.263 e. The minimum atomic E-state index is -2.68. The van der Waals surface area contributed by atoms with E-state index in [-0.39, 0.29) is 12.3 Å². The minimum Gasteiger partial charge on any atom is -0.409 e. The van der Waals surface area contributed by atoms with Gasteiger partial charge in [-0.05, 0) is 19.8 Å². The fourth-order valence-electron chi connectivity index (χ4n) is 1.61. The van der Waals surface area contributed by atoms with Crippen molar-refractivity contribution in [3.63, 3.8) is 0 Å². The quantitative estimate of drug-likeness (QED) is 0.279. The monoisotopic (exact) mass is 207 g/mol. The second-order valence-electron chi connectivity index (χ2n) is 3.62. The number of rotatable bonds is 3. The van der Waals surface area contributed by atoms with Crippen LogP contribution in [0.2, 0.25) is 0 Å². The molecule has 0 aromatic rings. The van der Waals surface area contributed by atoms with Crippen LogP contribution in [0.4, 0.5) is 8.78 Å². The molecule has 2 unspecified atom stereocenters. The average molecular weight is 207 g/mol. The maximum absolute atomic E-state index is 13.1. The van der Waals surface area contributed by atoms with E-state index in [1.807, 2.05) is 0 Å². The summed E-state index contributed by atoms with van der Waals surface area (Å²) in [7, 11) is 0. The molecule has 1 fully saturated rings. The van der Waals surface area contributed by atoms with Crippen molar-refractivity contribution in [3.8, 4) is 0 Å². The van der Waals surface area contributed by atoms with Crippen molar-refractivity contribution in [2.24, 2.45) is 10.9 Å². The lowest BCUT2D eigenvalue weighted by atomic mass is 10.1. The van der Waals surface area contributed by atoms with Crippen molar-refractivity contribution >= 4 is 5.84 Å². The predicted octanol–water partition coefficient (Wildman–Crippen LogP) is 0.899. The van der Waals surface area contributed by atoms with Gasteiger partial charge in [0.15, 0.2) is 5.84 Å². The Kier molecular flexibility index (Phi) is 3.25. The van der Waals surface area contributed by atoms with E-state index in [2.05, 4.69) is 10.5 Å². The van der Waals surface area contributed by atoms with Crippen molar-refractivity contribution in [2.75, 3.05) is 0 Å². The summed E-state index contributed by atoms with van der Waals surface area (Å²) >= 11 is 0. The van der Waals surface area contributed by atoms with Gasteiger partial charge in [-0.25, -0.2) is 8.78 Å². The molecule has 1 rings (SSSR count). The molecule has 14 heavy (non-hydrogen) atoms. The summed E-state index contributed by atoms with van der Waals surface area (Å²) in [6.45, 7) is 1.59. The molecule has 2 atom stereocenters. The molecule has 0 bridgehead atoms. The Morgan fingerprint density at radius 1 is 1.71 bits per heavy atom. The molecule has 1 aliphatic carbocycles. The second-order valence-corrected chi connectivity index (χ2v) is 3.62. The maximum atomic E-state index is 13.1. The van der Waals surface area contributed by atoms with E-state index >= 15 is 0 Å². The highest BCUT2D eigenvalue weighted by molar-refractivity contribution is 5.84. The largest absolute Gasteiger partial charge is 0.409 e. The topological polar surface area (TPSA) is 70.6 Å². The molecule has 0 amide bonds. The Bertz CT molecular complexity index is 233. The van der Waals surface area contributed by atoms with E-state index in [1.54, 1.807) is 6.92 Å². The van der Waals surface area contributed by atoms with Gasteiger partial charge in [-0.3, -0.25) is 5.32 Å². The van der Waals surface area contributed by atoms with Gasteiger partial charge in [-0.2, -0.15) is 0 Å². The lowest BCUT2D eigenvalue weighted by Crippen LogP contribution is -2.49. The van der Waals surface area contributed by atoms with Gasteiger partial charge in [0.05, 0.1) is 12.1 Å². The number of alkyl halides is 2. The van der Waals surface area contributed by atoms with Crippen molar-refractivity contribution in [3.05, 3.63) is 0 Å². The zero-order valence-corrected chi connectivity index (χ0v) is 8.00. The van der Waals surface area contributed by atoms with Crippen LogP contribution in [-0.2, 0) is 0 Å². The van der Waals surface area contributed by atoms with Crippen LogP contribution in [-0.4, -0.2) is 29.0 Å². The van der Waals surface area contributed by atoms with E-state index in [4.69, 9.17) is 10.9 Å². The number of nitrogens with zero attached hydrogens (tertiary/aromatic N) is 1. The molecular weight excluding hydrogens is 192 g/mol. The predicted molar refractivity (Wildman–Crippen MR) is 48.6 cm³/mol. The molecule has 0 heterocycles. The number of amidine groups is 1. The molecule has 4 N–H and O–H groups in total. The molecule has 0 radical (unpaired) electrons. The van der Waals surface area contributed by atoms with Gasteiger partial charge in [0.25, 0.3) is 5.92 Å². The fourth-order valence-corrected chi connectivity index (χ4v) is 1.61. The first-order valence-electron chi connectivity index (χ1n) is 4.58. The number of nitrogens with two attached hydrogens (primary N) is 1. The summed E-state index contributed by atoms with van der Waals surface area (Å²) in [6, 6.07) is -1.40. The highest BCUT2D eigenvalue weighted by Crippen LogP contribution is 2.35. The van der Waals surface area contributed by atoms with Crippen LogP contribution in [0.15, 0.2) is 5.16 Å². The SMILES string of the molecule is CC(NC1CCCC1(F)F)/C(N)=N/O. The Morgan fingerprint density at radius 2 is 2.36 bits per heavy atom. The van der Waals surface area contributed by atoms with Crippen LogP contribution in [0.1, 0.15) is 26.2 Å². The molecule has 0 spiro atoms. The standard InChI is InChI=1S/C8H15F2N3O/c1-5(7(11)13-14)12-6-3-2-4-8(6,9)10/h5-6,12,14H,2-4H2,1H3,(H2,11,13). The van der Waals surface area contributed by atoms with Crippen molar-refractivity contribution < 1.29 is 14.0 Å². The minimum absolute atomic E-state index is 0.0762. The Hall–Kier alpha value is -0.910. The fraction of sp³-hybridized carbons (Fsp3) is 0.875. The van der Waals surface area contributed by atoms with Gasteiger partial charge < -0.3 is 10.9 Å². The van der Waals surface area contributed by atoms with Gasteiger partial charge in [0.2, 0.25) is 0 Å². The summed E-state index contributed by atoms with van der Waals surface area (Å²) in [5.74, 6) is -2.75. The summed E-state index contributed by atoms with van der Waals surface area (Å²) in [5, 5.41) is 13.8. The normalized spacial score (nSPS) is 29.1. The highest BCUT2D eigenvalue weighted by atomic mass is 19.3. The van der Waals surface area contributed by atoms with Crippen molar-refractivity contribution in [1.82, 2.24) is 5.32 Å². The number of nitrogens with one attached hydrogen (secondary N) is 1. The Labute approximate surface area is 81.2 Å². The van der Waals surface area contributed by atoms with E-state index in [0.29, 0.717) is 12.8 Å². The lowest BCUT2D eigenvalue weighted by molar-refractivity contribution is -0.0188. The van der Waals surface area contributed by atoms with Gasteiger partial charge in [0, 0.05) is 6.42 Å². The van der Waals surface area contributed by atoms with Crippen LogP contribution in [0.25, 0.3) is 0 Å². The first-order chi connectivity index (χ1) is 6.47. The zero-order valence-electron chi connectivity index (χ0n) is 8.00. The van der Waals surface area contributed by atoms with Gasteiger partial charge in [-0.1, -0.05) is 5.16 Å². The second kappa shape index (κ2) is 4.08. The molecule has 4 nitrogen and oxygen atoms in total. The van der Waals surface area contributed by atoms with Crippen LogP contribution < -0.4 is 11.1 Å². The van der Waals surface area contributed by atoms with E-state index in [9.17, 15) is 8.78 Å². The van der Waals surface area contributed by atoms with E-state index in [0.717, 1.165) is 0 Å². The van der Waals surface area contributed by atoms with Gasteiger partial charge in [-0.15, -0.1) is 0 Å². The molecule has 0 saturated heterocycles. The molecule has 0 aromatic heterocycles. The molecule has 0 aromatic carbocycles. The van der Waals surface area contributed by atoms with Crippen LogP contribution in [0, 0.1) is 0 Å². The molecule has 82 valence electrons. The molecule has 1 saturated carbocycles. The first kappa shape index (κ1) is 11.2. The number of hydrogen-bond donors (Lipinski definition) is 3. The first-order valence-corrected chi connectivity index (χ1v) is 4.58. The number of halogens is 2. The summed E-state index contributed by atoms with van der Waals surface area (Å²) < 4.78 is 26.3. The van der Waals surface area contributed by atoms with E-state index < -0.39 is 18.0 Å². The van der Waals surface area contributed by atoms with Crippen LogP contribution in [0.5, 0.6) is 0 Å². The third-order valence-electron chi connectivity index (χ3n) is 2.52. The highest BCUT2D eigenvalue weighted by Gasteiger charge is 2.44. The zero-order chi connectivity index (χ0) is 10.8. The third kappa shape index (κ3) is 2.31. The Balaban J connectivity index is 2.52. The van der Waals surface area contributed by atoms with Crippen LogP contribution >= 0.6 is 0 Å². The number of hydrogen-bond acceptors (Lipinski definition) is 3. The van der Waals surface area contributed by atoms with Gasteiger partial charge in [0.1, 0.15) is 0 Å². The molecule has 1 aliphatic rings. The van der Waals surface area contributed by atoms with E-state index in [1.165, 1.54) is 0 Å². The summed E-state index contributed by atoms with van der Waals surface area (Å²) in [5.41, 5.74) is 5.28. The Morgan fingerprint density at radius 3 is 2.79 bits per heavy atom. The van der Waals surface area contributed by atoms with Gasteiger partial charge >= 0.3 is 0 Å². The maximum Gasteiger partial charge on any atom is 0.263 e. The lowest BCUT2D eigenvalue weighted by Gasteiger charge is -2.23. The molecule has 0 aliphatic heterocycles. The van der Waals surface area contributed by atoms with Crippen molar-refractivity contribution in [1.29, 1.82) is 0 Å². The summed E-state index contributed by atoms with van der Waals surface area (Å²) in [6.07, 6.45) is 0.844. The summed E-state index contributed by atoms with van der Waals surface area (Å²) in [4.78, 5) is 0. The van der Waals surface area contributed by atoms with Crippen LogP contribution in [0.3, 0.4) is 0 Å². The molecule has 6 heteroatoms. The third-order valence-corrected chi connectivity index (χ3v) is 2.52. The van der Waals surface area contributed by atoms with Crippen molar-refractivity contribution in [2.45, 2.75) is 44.2 Å².